The third-order valence-electron chi connectivity index (χ3n) is 3.01. The Kier molecular flexibility index (Phi) is 4.32. The molecule has 0 bridgehead atoms. The van der Waals surface area contributed by atoms with E-state index in [1.165, 1.54) is 0 Å². The molecule has 4 N–H and O–H groups in total. The summed E-state index contributed by atoms with van der Waals surface area (Å²) in [6.45, 7) is 0.981. The first kappa shape index (κ1) is 13.3. The molecule has 0 atom stereocenters. The van der Waals surface area contributed by atoms with Gasteiger partial charge < -0.3 is 16.0 Å². The number of aromatic amines is 1. The third-order valence-corrected chi connectivity index (χ3v) is 3.01. The number of rotatable bonds is 4. The van der Waals surface area contributed by atoms with Crippen LogP contribution in [0, 0.1) is 0 Å². The number of hydrogen-bond acceptors (Lipinski definition) is 5. The van der Waals surface area contributed by atoms with Gasteiger partial charge in [0, 0.05) is 13.0 Å². The van der Waals surface area contributed by atoms with E-state index in [1.807, 2.05) is 0 Å². The van der Waals surface area contributed by atoms with Gasteiger partial charge in [-0.15, -0.1) is 5.10 Å². The standard InChI is InChI=1S/C11H18N6O2/c12-11-14-8(15-16-11)6-13-9(18)7-17-5-3-1-2-4-10(17)19/h1-7H2,(H,13,18)(H3,12,14,15,16). The summed E-state index contributed by atoms with van der Waals surface area (Å²) in [5.41, 5.74) is 5.35. The van der Waals surface area contributed by atoms with Crippen molar-refractivity contribution < 1.29 is 9.59 Å². The molecule has 1 saturated heterocycles. The number of amides is 2. The van der Waals surface area contributed by atoms with Gasteiger partial charge in [0.25, 0.3) is 0 Å². The lowest BCUT2D eigenvalue weighted by molar-refractivity contribution is -0.135. The first-order valence-corrected chi connectivity index (χ1v) is 6.36. The van der Waals surface area contributed by atoms with E-state index < -0.39 is 0 Å². The molecule has 2 heterocycles. The summed E-state index contributed by atoms with van der Waals surface area (Å²) in [5, 5.41) is 8.94. The highest BCUT2D eigenvalue weighted by Crippen LogP contribution is 2.10. The van der Waals surface area contributed by atoms with Gasteiger partial charge in [-0.2, -0.15) is 4.98 Å². The van der Waals surface area contributed by atoms with Crippen molar-refractivity contribution in [2.45, 2.75) is 32.2 Å². The lowest BCUT2D eigenvalue weighted by atomic mass is 10.2. The van der Waals surface area contributed by atoms with E-state index in [0.29, 0.717) is 18.8 Å². The molecule has 19 heavy (non-hydrogen) atoms. The lowest BCUT2D eigenvalue weighted by Crippen LogP contribution is -2.40. The largest absolute Gasteiger partial charge is 0.367 e. The number of anilines is 1. The molecule has 1 aromatic rings. The Labute approximate surface area is 110 Å². The molecule has 0 spiro atoms. The van der Waals surface area contributed by atoms with Crippen molar-refractivity contribution in [1.82, 2.24) is 25.4 Å². The highest BCUT2D eigenvalue weighted by atomic mass is 16.2. The molecule has 8 nitrogen and oxygen atoms in total. The maximum Gasteiger partial charge on any atom is 0.239 e. The van der Waals surface area contributed by atoms with Gasteiger partial charge in [0.1, 0.15) is 5.82 Å². The molecule has 0 saturated carbocycles. The number of carbonyl (C=O) groups is 2. The number of H-pyrrole nitrogens is 1. The van der Waals surface area contributed by atoms with Crippen LogP contribution in [0.4, 0.5) is 5.95 Å². The van der Waals surface area contributed by atoms with Crippen molar-refractivity contribution in [3.05, 3.63) is 5.82 Å². The summed E-state index contributed by atoms with van der Waals surface area (Å²) in [5.74, 6) is 0.488. The van der Waals surface area contributed by atoms with Gasteiger partial charge in [-0.3, -0.25) is 14.7 Å². The molecule has 0 aromatic carbocycles. The molecule has 0 radical (unpaired) electrons. The lowest BCUT2D eigenvalue weighted by Gasteiger charge is -2.19. The number of nitrogens with one attached hydrogen (secondary N) is 2. The van der Waals surface area contributed by atoms with Gasteiger partial charge in [-0.1, -0.05) is 6.42 Å². The highest BCUT2D eigenvalue weighted by molar-refractivity contribution is 5.84. The number of aromatic nitrogens is 3. The average Bonchev–Trinajstić information content (AvgIpc) is 2.69. The summed E-state index contributed by atoms with van der Waals surface area (Å²) in [7, 11) is 0. The van der Waals surface area contributed by atoms with E-state index in [0.717, 1.165) is 19.3 Å². The quantitative estimate of drug-likeness (QED) is 0.673. The minimum Gasteiger partial charge on any atom is -0.367 e. The van der Waals surface area contributed by atoms with Crippen LogP contribution in [0.5, 0.6) is 0 Å². The van der Waals surface area contributed by atoms with Gasteiger partial charge in [-0.25, -0.2) is 0 Å². The fraction of sp³-hybridized carbons (Fsp3) is 0.636. The molecule has 1 aromatic heterocycles. The van der Waals surface area contributed by atoms with Crippen LogP contribution in [0.3, 0.4) is 0 Å². The predicted molar refractivity (Wildman–Crippen MR) is 67.7 cm³/mol. The summed E-state index contributed by atoms with van der Waals surface area (Å²) >= 11 is 0. The van der Waals surface area contributed by atoms with E-state index in [4.69, 9.17) is 5.73 Å². The first-order chi connectivity index (χ1) is 9.15. The number of nitrogens with two attached hydrogens (primary N) is 1. The fourth-order valence-electron chi connectivity index (χ4n) is 2.01. The Balaban J connectivity index is 1.78. The second-order valence-corrected chi connectivity index (χ2v) is 4.54. The molecular formula is C11H18N6O2. The molecule has 1 aliphatic rings. The molecule has 2 amide bonds. The number of nitrogen functional groups attached to an aromatic ring is 1. The second-order valence-electron chi connectivity index (χ2n) is 4.54. The Morgan fingerprint density at radius 1 is 1.42 bits per heavy atom. The zero-order chi connectivity index (χ0) is 13.7. The second kappa shape index (κ2) is 6.17. The van der Waals surface area contributed by atoms with Crippen molar-refractivity contribution in [3.63, 3.8) is 0 Å². The molecule has 0 aliphatic carbocycles. The topological polar surface area (TPSA) is 117 Å². The summed E-state index contributed by atoms with van der Waals surface area (Å²) in [4.78, 5) is 29.0. The summed E-state index contributed by atoms with van der Waals surface area (Å²) < 4.78 is 0. The van der Waals surface area contributed by atoms with E-state index in [9.17, 15) is 9.59 Å². The van der Waals surface area contributed by atoms with Crippen molar-refractivity contribution in [3.8, 4) is 0 Å². The van der Waals surface area contributed by atoms with Crippen LogP contribution in [0.2, 0.25) is 0 Å². The summed E-state index contributed by atoms with van der Waals surface area (Å²) in [6.07, 6.45) is 3.44. The normalized spacial score (nSPS) is 16.2. The van der Waals surface area contributed by atoms with Crippen molar-refractivity contribution in [2.75, 3.05) is 18.8 Å². The van der Waals surface area contributed by atoms with Crippen LogP contribution >= 0.6 is 0 Å². The Bertz CT molecular complexity index is 458. The molecule has 2 rings (SSSR count). The van der Waals surface area contributed by atoms with Gasteiger partial charge >= 0.3 is 0 Å². The Morgan fingerprint density at radius 3 is 3.00 bits per heavy atom. The Morgan fingerprint density at radius 2 is 2.26 bits per heavy atom. The monoisotopic (exact) mass is 266 g/mol. The SMILES string of the molecule is Nc1n[nH]c(CNC(=O)CN2CCCCCC2=O)n1. The Hall–Kier alpha value is -2.12. The highest BCUT2D eigenvalue weighted by Gasteiger charge is 2.19. The minimum atomic E-state index is -0.203. The zero-order valence-electron chi connectivity index (χ0n) is 10.7. The molecule has 1 fully saturated rings. The van der Waals surface area contributed by atoms with E-state index in [2.05, 4.69) is 20.5 Å². The van der Waals surface area contributed by atoms with Crippen LogP contribution < -0.4 is 11.1 Å². The van der Waals surface area contributed by atoms with Crippen LogP contribution in [0.15, 0.2) is 0 Å². The predicted octanol–water partition coefficient (Wildman–Crippen LogP) is -0.594. The van der Waals surface area contributed by atoms with Crippen molar-refractivity contribution in [1.29, 1.82) is 0 Å². The van der Waals surface area contributed by atoms with Gasteiger partial charge in [0.15, 0.2) is 0 Å². The maximum atomic E-state index is 11.8. The molecule has 8 heteroatoms. The first-order valence-electron chi connectivity index (χ1n) is 6.36. The van der Waals surface area contributed by atoms with Crippen molar-refractivity contribution in [2.24, 2.45) is 0 Å². The van der Waals surface area contributed by atoms with E-state index >= 15 is 0 Å². The fourth-order valence-corrected chi connectivity index (χ4v) is 2.01. The number of carbonyl (C=O) groups excluding carboxylic acids is 2. The molecule has 0 unspecified atom stereocenters. The van der Waals surface area contributed by atoms with Crippen molar-refractivity contribution >= 4 is 17.8 Å². The molecule has 104 valence electrons. The van der Waals surface area contributed by atoms with E-state index in [1.54, 1.807) is 4.90 Å². The maximum absolute atomic E-state index is 11.8. The van der Waals surface area contributed by atoms with E-state index in [-0.39, 0.29) is 30.9 Å². The van der Waals surface area contributed by atoms with Crippen LogP contribution in [-0.4, -0.2) is 45.0 Å². The third kappa shape index (κ3) is 3.94. The number of likely N-dealkylation sites (tertiary alicyclic amines) is 1. The average molecular weight is 266 g/mol. The van der Waals surface area contributed by atoms with Crippen LogP contribution in [0.25, 0.3) is 0 Å². The summed E-state index contributed by atoms with van der Waals surface area (Å²) in [6, 6.07) is 0. The van der Waals surface area contributed by atoms with Gasteiger partial charge in [0.05, 0.1) is 13.1 Å². The van der Waals surface area contributed by atoms with Crippen LogP contribution in [0.1, 0.15) is 31.5 Å². The molecule has 1 aliphatic heterocycles. The number of hydrogen-bond donors (Lipinski definition) is 3. The van der Waals surface area contributed by atoms with Gasteiger partial charge in [-0.05, 0) is 12.8 Å². The number of nitrogens with zero attached hydrogens (tertiary/aromatic N) is 3. The smallest absolute Gasteiger partial charge is 0.239 e. The van der Waals surface area contributed by atoms with Gasteiger partial charge in [0.2, 0.25) is 17.8 Å². The molecular weight excluding hydrogens is 248 g/mol. The zero-order valence-corrected chi connectivity index (χ0v) is 10.7. The van der Waals surface area contributed by atoms with Crippen LogP contribution in [-0.2, 0) is 16.1 Å². The minimum absolute atomic E-state index is 0.0524.